The van der Waals surface area contributed by atoms with Crippen LogP contribution >= 0.6 is 11.3 Å². The molecule has 2 aromatic carbocycles. The quantitative estimate of drug-likeness (QED) is 0.534. The van der Waals surface area contributed by atoms with Crippen molar-refractivity contribution in [3.8, 4) is 0 Å². The second-order valence-electron chi connectivity index (χ2n) is 7.14. The first-order valence-electron chi connectivity index (χ1n) is 9.89. The van der Waals surface area contributed by atoms with Crippen LogP contribution in [0, 0.1) is 0 Å². The minimum absolute atomic E-state index is 0.00612. The number of nitrogens with one attached hydrogen (secondary N) is 1. The van der Waals surface area contributed by atoms with Crippen molar-refractivity contribution >= 4 is 33.4 Å². The maximum Gasteiger partial charge on any atom is 0.306 e. The van der Waals surface area contributed by atoms with Crippen LogP contribution < -0.4 is 5.32 Å². The van der Waals surface area contributed by atoms with Crippen molar-refractivity contribution in [1.82, 2.24) is 10.3 Å². The summed E-state index contributed by atoms with van der Waals surface area (Å²) in [5.41, 5.74) is 2.18. The van der Waals surface area contributed by atoms with Gasteiger partial charge in [0.15, 0.2) is 6.10 Å². The Morgan fingerprint density at radius 3 is 2.52 bits per heavy atom. The normalized spacial score (nSPS) is 13.0. The van der Waals surface area contributed by atoms with Gasteiger partial charge in [0.1, 0.15) is 0 Å². The number of nitrogens with zero attached hydrogens (tertiary/aromatic N) is 1. The lowest BCUT2D eigenvalue weighted by atomic mass is 10.1. The number of ether oxygens (including phenoxy) is 1. The Labute approximate surface area is 175 Å². The first kappa shape index (κ1) is 21.0. The summed E-state index contributed by atoms with van der Waals surface area (Å²) in [4.78, 5) is 28.9. The van der Waals surface area contributed by atoms with Gasteiger partial charge in [0.2, 0.25) is 0 Å². The molecule has 0 radical (unpaired) electrons. The van der Waals surface area contributed by atoms with Gasteiger partial charge in [0.05, 0.1) is 21.6 Å². The lowest BCUT2D eigenvalue weighted by Crippen LogP contribution is -2.41. The van der Waals surface area contributed by atoms with Crippen LogP contribution in [0.5, 0.6) is 0 Å². The second kappa shape index (κ2) is 10.2. The molecule has 152 valence electrons. The van der Waals surface area contributed by atoms with Gasteiger partial charge in [-0.05, 0) is 44.4 Å². The van der Waals surface area contributed by atoms with Gasteiger partial charge in [-0.3, -0.25) is 9.59 Å². The van der Waals surface area contributed by atoms with E-state index in [4.69, 9.17) is 4.74 Å². The number of thiazole rings is 1. The molecular formula is C23H26N2O3S. The minimum Gasteiger partial charge on any atom is -0.453 e. The minimum atomic E-state index is -0.808. The number of carbonyl (C=O) groups excluding carboxylic acids is 2. The van der Waals surface area contributed by atoms with Gasteiger partial charge < -0.3 is 10.1 Å². The highest BCUT2D eigenvalue weighted by molar-refractivity contribution is 7.18. The average Bonchev–Trinajstić information content (AvgIpc) is 3.14. The molecule has 0 saturated carbocycles. The highest BCUT2D eigenvalue weighted by Crippen LogP contribution is 2.22. The fourth-order valence-corrected chi connectivity index (χ4v) is 3.97. The molecule has 0 aliphatic rings. The van der Waals surface area contributed by atoms with E-state index in [1.807, 2.05) is 49.4 Å². The number of hydrogen-bond acceptors (Lipinski definition) is 5. The summed E-state index contributed by atoms with van der Waals surface area (Å²) in [5, 5.41) is 3.82. The molecule has 2 atom stereocenters. The van der Waals surface area contributed by atoms with E-state index >= 15 is 0 Å². The predicted octanol–water partition coefficient (Wildman–Crippen LogP) is 4.30. The highest BCUT2D eigenvalue weighted by atomic mass is 32.1. The van der Waals surface area contributed by atoms with Crippen LogP contribution in [0.15, 0.2) is 54.6 Å². The number of hydrogen-bond donors (Lipinski definition) is 1. The Kier molecular flexibility index (Phi) is 7.36. The van der Waals surface area contributed by atoms with Crippen molar-refractivity contribution in [3.63, 3.8) is 0 Å². The molecule has 0 fully saturated rings. The van der Waals surface area contributed by atoms with Gasteiger partial charge in [-0.1, -0.05) is 42.5 Å². The number of amides is 1. The lowest BCUT2D eigenvalue weighted by Gasteiger charge is -2.18. The molecule has 0 unspecified atom stereocenters. The monoisotopic (exact) mass is 410 g/mol. The molecular weight excluding hydrogens is 384 g/mol. The number of benzene rings is 2. The Morgan fingerprint density at radius 1 is 1.03 bits per heavy atom. The summed E-state index contributed by atoms with van der Waals surface area (Å²) in [5.74, 6) is -0.650. The van der Waals surface area contributed by atoms with Crippen molar-refractivity contribution in [3.05, 3.63) is 65.2 Å². The second-order valence-corrected chi connectivity index (χ2v) is 8.26. The summed E-state index contributed by atoms with van der Waals surface area (Å²) in [6.45, 7) is 3.57. The molecule has 5 nitrogen and oxygen atoms in total. The molecule has 1 N–H and O–H groups in total. The molecule has 0 aliphatic carbocycles. The van der Waals surface area contributed by atoms with Crippen LogP contribution in [0.1, 0.15) is 37.3 Å². The fourth-order valence-electron chi connectivity index (χ4n) is 3.01. The van der Waals surface area contributed by atoms with E-state index in [9.17, 15) is 9.59 Å². The topological polar surface area (TPSA) is 68.3 Å². The van der Waals surface area contributed by atoms with E-state index < -0.39 is 6.10 Å². The van der Waals surface area contributed by atoms with Crippen molar-refractivity contribution in [1.29, 1.82) is 0 Å². The van der Waals surface area contributed by atoms with E-state index in [-0.39, 0.29) is 24.3 Å². The Balaban J connectivity index is 1.39. The Bertz CT molecular complexity index is 922. The van der Waals surface area contributed by atoms with Gasteiger partial charge in [0, 0.05) is 12.5 Å². The molecule has 3 aromatic rings. The highest BCUT2D eigenvalue weighted by Gasteiger charge is 2.19. The van der Waals surface area contributed by atoms with Crippen LogP contribution in [0.4, 0.5) is 0 Å². The van der Waals surface area contributed by atoms with Crippen LogP contribution in [-0.4, -0.2) is 29.0 Å². The number of para-hydroxylation sites is 1. The number of rotatable bonds is 9. The molecule has 1 aromatic heterocycles. The summed E-state index contributed by atoms with van der Waals surface area (Å²) < 4.78 is 6.40. The molecule has 0 bridgehead atoms. The zero-order chi connectivity index (χ0) is 20.6. The van der Waals surface area contributed by atoms with Crippen molar-refractivity contribution in [2.24, 2.45) is 0 Å². The van der Waals surface area contributed by atoms with Crippen LogP contribution in [0.3, 0.4) is 0 Å². The molecule has 29 heavy (non-hydrogen) atoms. The third-order valence-corrected chi connectivity index (χ3v) is 5.75. The molecule has 0 aliphatic heterocycles. The number of fused-ring (bicyclic) bond motifs is 1. The third kappa shape index (κ3) is 6.39. The predicted molar refractivity (Wildman–Crippen MR) is 116 cm³/mol. The van der Waals surface area contributed by atoms with Gasteiger partial charge >= 0.3 is 5.97 Å². The maximum absolute atomic E-state index is 12.3. The number of aromatic nitrogens is 1. The summed E-state index contributed by atoms with van der Waals surface area (Å²) >= 11 is 1.58. The molecule has 6 heteroatoms. The van der Waals surface area contributed by atoms with Crippen molar-refractivity contribution < 1.29 is 14.3 Å². The molecule has 0 saturated heterocycles. The van der Waals surface area contributed by atoms with E-state index in [1.54, 1.807) is 18.3 Å². The Morgan fingerprint density at radius 2 is 1.76 bits per heavy atom. The van der Waals surface area contributed by atoms with E-state index in [1.165, 1.54) is 5.56 Å². The van der Waals surface area contributed by atoms with Crippen LogP contribution in [-0.2, 0) is 27.2 Å². The number of esters is 1. The first-order valence-corrected chi connectivity index (χ1v) is 10.7. The summed E-state index contributed by atoms with van der Waals surface area (Å²) in [7, 11) is 0. The molecule has 1 amide bonds. The standard InChI is InChI=1S/C23H26N2O3S/c1-16(12-13-18-8-4-3-5-9-18)24-23(27)17(2)28-22(26)15-14-21-25-19-10-6-7-11-20(19)29-21/h3-11,16-17H,12-15H2,1-2H3,(H,24,27)/t16-,17-/m1/s1. The number of carbonyl (C=O) groups is 2. The number of aryl methyl sites for hydroxylation is 2. The van der Waals surface area contributed by atoms with Gasteiger partial charge in [0.25, 0.3) is 5.91 Å². The van der Waals surface area contributed by atoms with Gasteiger partial charge in [-0.25, -0.2) is 4.98 Å². The van der Waals surface area contributed by atoms with Gasteiger partial charge in [-0.2, -0.15) is 0 Å². The smallest absolute Gasteiger partial charge is 0.306 e. The third-order valence-electron chi connectivity index (χ3n) is 4.66. The van der Waals surface area contributed by atoms with Crippen molar-refractivity contribution in [2.75, 3.05) is 0 Å². The lowest BCUT2D eigenvalue weighted by molar-refractivity contribution is -0.155. The summed E-state index contributed by atoms with van der Waals surface area (Å²) in [6.07, 6.45) is 1.63. The zero-order valence-electron chi connectivity index (χ0n) is 16.8. The Hall–Kier alpha value is -2.73. The largest absolute Gasteiger partial charge is 0.453 e. The van der Waals surface area contributed by atoms with E-state index in [2.05, 4.69) is 22.4 Å². The zero-order valence-corrected chi connectivity index (χ0v) is 17.6. The fraction of sp³-hybridized carbons (Fsp3) is 0.348. The maximum atomic E-state index is 12.3. The van der Waals surface area contributed by atoms with E-state index in [0.29, 0.717) is 6.42 Å². The van der Waals surface area contributed by atoms with Crippen molar-refractivity contribution in [2.45, 2.75) is 51.7 Å². The SMILES string of the molecule is C[C@H](CCc1ccccc1)NC(=O)[C@@H](C)OC(=O)CCc1nc2ccccc2s1. The van der Waals surface area contributed by atoms with Gasteiger partial charge in [-0.15, -0.1) is 11.3 Å². The van der Waals surface area contributed by atoms with Crippen LogP contribution in [0.2, 0.25) is 0 Å². The first-order chi connectivity index (χ1) is 14.0. The average molecular weight is 411 g/mol. The molecule has 3 rings (SSSR count). The summed E-state index contributed by atoms with van der Waals surface area (Å²) in [6, 6.07) is 18.0. The van der Waals surface area contributed by atoms with Crippen LogP contribution in [0.25, 0.3) is 10.2 Å². The molecule has 1 heterocycles. The van der Waals surface area contributed by atoms with E-state index in [0.717, 1.165) is 28.1 Å². The molecule has 0 spiro atoms.